The van der Waals surface area contributed by atoms with E-state index in [9.17, 15) is 5.11 Å². The van der Waals surface area contributed by atoms with E-state index in [-0.39, 0.29) is 12.1 Å². The summed E-state index contributed by atoms with van der Waals surface area (Å²) in [6.45, 7) is 1.06. The summed E-state index contributed by atoms with van der Waals surface area (Å²) in [5, 5.41) is 10.2. The monoisotopic (exact) mass is 238 g/mol. The summed E-state index contributed by atoms with van der Waals surface area (Å²) in [7, 11) is 2.09. The van der Waals surface area contributed by atoms with E-state index in [0.717, 1.165) is 18.0 Å². The third-order valence-corrected chi connectivity index (χ3v) is 4.08. The van der Waals surface area contributed by atoms with Gasteiger partial charge in [0.25, 0.3) is 0 Å². The van der Waals surface area contributed by atoms with Crippen LogP contribution in [-0.2, 0) is 6.42 Å². The summed E-state index contributed by atoms with van der Waals surface area (Å²) in [6, 6.07) is 6.10. The highest BCUT2D eigenvalue weighted by Crippen LogP contribution is 2.19. The molecule has 1 saturated heterocycles. The van der Waals surface area contributed by atoms with Gasteiger partial charge in [-0.1, -0.05) is 6.07 Å². The number of aromatic nitrogens is 1. The van der Waals surface area contributed by atoms with Crippen molar-refractivity contribution in [2.75, 3.05) is 25.1 Å². The molecule has 3 nitrogen and oxygen atoms in total. The van der Waals surface area contributed by atoms with Crippen LogP contribution in [0.4, 0.5) is 0 Å². The van der Waals surface area contributed by atoms with Gasteiger partial charge in [-0.3, -0.25) is 9.88 Å². The van der Waals surface area contributed by atoms with Crippen LogP contribution < -0.4 is 0 Å². The number of nitrogens with zero attached hydrogens (tertiary/aromatic N) is 2. The second-order valence-electron chi connectivity index (χ2n) is 4.22. The number of likely N-dealkylation sites (N-methyl/N-ethyl adjacent to an activating group) is 1. The van der Waals surface area contributed by atoms with Gasteiger partial charge in [-0.15, -0.1) is 0 Å². The van der Waals surface area contributed by atoms with E-state index in [1.807, 2.05) is 30.0 Å². The van der Waals surface area contributed by atoms with Crippen LogP contribution in [0.2, 0.25) is 0 Å². The van der Waals surface area contributed by atoms with Crippen molar-refractivity contribution in [3.8, 4) is 0 Å². The molecule has 4 heteroatoms. The maximum Gasteiger partial charge on any atom is 0.0758 e. The molecule has 1 fully saturated rings. The van der Waals surface area contributed by atoms with Crippen LogP contribution in [-0.4, -0.2) is 52.2 Å². The zero-order chi connectivity index (χ0) is 11.4. The van der Waals surface area contributed by atoms with Gasteiger partial charge >= 0.3 is 0 Å². The van der Waals surface area contributed by atoms with Gasteiger partial charge in [0.05, 0.1) is 6.10 Å². The van der Waals surface area contributed by atoms with Gasteiger partial charge in [-0.05, 0) is 19.2 Å². The van der Waals surface area contributed by atoms with Gasteiger partial charge < -0.3 is 5.11 Å². The molecule has 2 heterocycles. The van der Waals surface area contributed by atoms with Crippen molar-refractivity contribution in [3.05, 3.63) is 30.1 Å². The van der Waals surface area contributed by atoms with Gasteiger partial charge in [-0.25, -0.2) is 0 Å². The average Bonchev–Trinajstić information content (AvgIpc) is 2.31. The molecule has 2 unspecified atom stereocenters. The van der Waals surface area contributed by atoms with E-state index < -0.39 is 0 Å². The first-order valence-electron chi connectivity index (χ1n) is 5.63. The fraction of sp³-hybridized carbons (Fsp3) is 0.583. The zero-order valence-electron chi connectivity index (χ0n) is 9.54. The molecule has 0 bridgehead atoms. The van der Waals surface area contributed by atoms with E-state index in [2.05, 4.69) is 16.9 Å². The molecule has 0 spiro atoms. The Bertz CT molecular complexity index is 320. The van der Waals surface area contributed by atoms with E-state index in [4.69, 9.17) is 0 Å². The first kappa shape index (κ1) is 11.9. The summed E-state index contributed by atoms with van der Waals surface area (Å²) >= 11 is 1.92. The molecule has 1 aliphatic heterocycles. The quantitative estimate of drug-likeness (QED) is 0.853. The van der Waals surface area contributed by atoms with Gasteiger partial charge in [0.1, 0.15) is 0 Å². The molecular formula is C12H18N2OS. The van der Waals surface area contributed by atoms with Crippen LogP contribution in [0.15, 0.2) is 24.4 Å². The molecule has 88 valence electrons. The molecule has 2 rings (SSSR count). The Hall–Kier alpha value is -0.580. The standard InChI is InChI=1S/C12H18N2OS/c1-14-6-7-16-9-11(14)12(15)8-10-4-2-3-5-13-10/h2-5,11-12,15H,6-9H2,1H3. The topological polar surface area (TPSA) is 36.4 Å². The Kier molecular flexibility index (Phi) is 4.21. The van der Waals surface area contributed by atoms with E-state index in [1.54, 1.807) is 6.20 Å². The fourth-order valence-corrected chi connectivity index (χ4v) is 3.28. The van der Waals surface area contributed by atoms with Crippen molar-refractivity contribution < 1.29 is 5.11 Å². The van der Waals surface area contributed by atoms with E-state index >= 15 is 0 Å². The Balaban J connectivity index is 1.94. The first-order valence-corrected chi connectivity index (χ1v) is 6.79. The average molecular weight is 238 g/mol. The maximum atomic E-state index is 10.2. The smallest absolute Gasteiger partial charge is 0.0758 e. The Labute approximate surface area is 101 Å². The number of rotatable bonds is 3. The van der Waals surface area contributed by atoms with Crippen molar-refractivity contribution in [2.24, 2.45) is 0 Å². The summed E-state index contributed by atoms with van der Waals surface area (Å²) in [5.41, 5.74) is 0.971. The fourth-order valence-electron chi connectivity index (χ4n) is 1.98. The van der Waals surface area contributed by atoms with Crippen LogP contribution >= 0.6 is 11.8 Å². The minimum atomic E-state index is -0.312. The van der Waals surface area contributed by atoms with Gasteiger partial charge in [0.15, 0.2) is 0 Å². The number of aliphatic hydroxyl groups excluding tert-OH is 1. The van der Waals surface area contributed by atoms with E-state index in [0.29, 0.717) is 6.42 Å². The second kappa shape index (κ2) is 5.66. The van der Waals surface area contributed by atoms with Crippen LogP contribution in [0.3, 0.4) is 0 Å². The van der Waals surface area contributed by atoms with Gasteiger partial charge in [0.2, 0.25) is 0 Å². The molecule has 1 aliphatic rings. The SMILES string of the molecule is CN1CCSCC1C(O)Cc1ccccn1. The number of thioether (sulfide) groups is 1. The minimum absolute atomic E-state index is 0.265. The lowest BCUT2D eigenvalue weighted by Gasteiger charge is -2.35. The largest absolute Gasteiger partial charge is 0.391 e. The Morgan fingerprint density at radius 2 is 2.50 bits per heavy atom. The number of hydrogen-bond donors (Lipinski definition) is 1. The van der Waals surface area contributed by atoms with Crippen molar-refractivity contribution in [2.45, 2.75) is 18.6 Å². The molecule has 1 aromatic heterocycles. The predicted molar refractivity (Wildman–Crippen MR) is 67.7 cm³/mol. The third kappa shape index (κ3) is 2.97. The van der Waals surface area contributed by atoms with Crippen LogP contribution in [0.5, 0.6) is 0 Å². The molecule has 0 saturated carbocycles. The molecule has 0 aliphatic carbocycles. The summed E-state index contributed by atoms with van der Waals surface area (Å²) < 4.78 is 0. The van der Waals surface area contributed by atoms with Crippen molar-refractivity contribution >= 4 is 11.8 Å². The summed E-state index contributed by atoms with van der Waals surface area (Å²) in [6.07, 6.45) is 2.12. The van der Waals surface area contributed by atoms with Crippen molar-refractivity contribution in [3.63, 3.8) is 0 Å². The van der Waals surface area contributed by atoms with Crippen molar-refractivity contribution in [1.82, 2.24) is 9.88 Å². The molecule has 2 atom stereocenters. The molecule has 1 aromatic rings. The summed E-state index contributed by atoms with van der Waals surface area (Å²) in [4.78, 5) is 6.51. The van der Waals surface area contributed by atoms with Crippen LogP contribution in [0.1, 0.15) is 5.69 Å². The molecular weight excluding hydrogens is 220 g/mol. The minimum Gasteiger partial charge on any atom is -0.391 e. The Morgan fingerprint density at radius 3 is 3.19 bits per heavy atom. The molecule has 1 N–H and O–H groups in total. The molecule has 16 heavy (non-hydrogen) atoms. The number of aliphatic hydroxyl groups is 1. The highest BCUT2D eigenvalue weighted by molar-refractivity contribution is 7.99. The zero-order valence-corrected chi connectivity index (χ0v) is 10.4. The van der Waals surface area contributed by atoms with Crippen molar-refractivity contribution in [1.29, 1.82) is 0 Å². The third-order valence-electron chi connectivity index (χ3n) is 3.03. The normalized spacial score (nSPS) is 24.2. The number of pyridine rings is 1. The predicted octanol–water partition coefficient (Wildman–Crippen LogP) is 1.03. The molecule has 0 amide bonds. The van der Waals surface area contributed by atoms with Crippen LogP contribution in [0.25, 0.3) is 0 Å². The van der Waals surface area contributed by atoms with Crippen LogP contribution in [0, 0.1) is 0 Å². The maximum absolute atomic E-state index is 10.2. The highest BCUT2D eigenvalue weighted by atomic mass is 32.2. The first-order chi connectivity index (χ1) is 7.77. The summed E-state index contributed by atoms with van der Waals surface area (Å²) in [5.74, 6) is 2.19. The lowest BCUT2D eigenvalue weighted by molar-refractivity contribution is 0.0756. The lowest BCUT2D eigenvalue weighted by atomic mass is 10.1. The molecule has 0 aromatic carbocycles. The van der Waals surface area contributed by atoms with E-state index in [1.165, 1.54) is 5.75 Å². The number of hydrogen-bond acceptors (Lipinski definition) is 4. The van der Waals surface area contributed by atoms with Gasteiger partial charge in [-0.2, -0.15) is 11.8 Å². The Morgan fingerprint density at radius 1 is 1.62 bits per heavy atom. The lowest BCUT2D eigenvalue weighted by Crippen LogP contribution is -2.47. The van der Waals surface area contributed by atoms with Gasteiger partial charge in [0, 0.05) is 42.4 Å². The highest BCUT2D eigenvalue weighted by Gasteiger charge is 2.26. The molecule has 0 radical (unpaired) electrons. The second-order valence-corrected chi connectivity index (χ2v) is 5.37.